The second kappa shape index (κ2) is 7.74. The van der Waals surface area contributed by atoms with Crippen molar-refractivity contribution in [2.75, 3.05) is 19.0 Å². The van der Waals surface area contributed by atoms with Gasteiger partial charge in [0, 0.05) is 23.9 Å². The van der Waals surface area contributed by atoms with Crippen LogP contribution in [0, 0.1) is 0 Å². The molecule has 0 heterocycles. The molecule has 0 aliphatic rings. The lowest BCUT2D eigenvalue weighted by atomic mass is 10.2. The van der Waals surface area contributed by atoms with E-state index in [1.165, 1.54) is 0 Å². The summed E-state index contributed by atoms with van der Waals surface area (Å²) in [5, 5.41) is 3.37. The molecular weight excluding hydrogens is 330 g/mol. The summed E-state index contributed by atoms with van der Waals surface area (Å²) in [6.07, 6.45) is 1.74. The summed E-state index contributed by atoms with van der Waals surface area (Å²) in [6.45, 7) is 4.85. The molecule has 2 aromatic rings. The molecule has 1 N–H and O–H groups in total. The van der Waals surface area contributed by atoms with Crippen LogP contribution in [0.1, 0.15) is 5.56 Å². The first-order valence-corrected chi connectivity index (χ1v) is 7.43. The molecule has 0 saturated carbocycles. The van der Waals surface area contributed by atoms with Crippen molar-refractivity contribution in [3.63, 3.8) is 0 Å². The fourth-order valence-electron chi connectivity index (χ4n) is 1.91. The molecular formula is C17H18BrNO2. The predicted octanol–water partition coefficient (Wildman–Crippen LogP) is 4.63. The summed E-state index contributed by atoms with van der Waals surface area (Å²) in [5.74, 6) is 1.67. The number of nitrogens with one attached hydrogen (secondary N) is 1. The van der Waals surface area contributed by atoms with Crippen molar-refractivity contribution in [1.29, 1.82) is 0 Å². The van der Waals surface area contributed by atoms with Gasteiger partial charge in [0.25, 0.3) is 0 Å². The monoisotopic (exact) mass is 347 g/mol. The molecule has 4 heteroatoms. The Morgan fingerprint density at radius 2 is 2.00 bits per heavy atom. The summed E-state index contributed by atoms with van der Waals surface area (Å²) in [4.78, 5) is 0. The number of methoxy groups -OCH3 is 1. The van der Waals surface area contributed by atoms with Crippen LogP contribution in [0.5, 0.6) is 11.5 Å². The third-order valence-electron chi connectivity index (χ3n) is 2.96. The number of para-hydroxylation sites is 1. The Labute approximate surface area is 133 Å². The van der Waals surface area contributed by atoms with Gasteiger partial charge in [0.2, 0.25) is 0 Å². The van der Waals surface area contributed by atoms with Gasteiger partial charge in [-0.15, -0.1) is 0 Å². The minimum absolute atomic E-state index is 0.503. The van der Waals surface area contributed by atoms with Gasteiger partial charge in [-0.3, -0.25) is 0 Å². The zero-order valence-corrected chi connectivity index (χ0v) is 13.5. The molecule has 0 aromatic heterocycles. The lowest BCUT2D eigenvalue weighted by molar-refractivity contribution is 0.359. The Balaban J connectivity index is 2.07. The van der Waals surface area contributed by atoms with Crippen LogP contribution in [-0.4, -0.2) is 13.7 Å². The third kappa shape index (κ3) is 4.26. The largest absolute Gasteiger partial charge is 0.495 e. The van der Waals surface area contributed by atoms with Gasteiger partial charge in [-0.25, -0.2) is 0 Å². The number of rotatable bonds is 7. The van der Waals surface area contributed by atoms with E-state index in [2.05, 4.69) is 27.8 Å². The molecule has 0 bridgehead atoms. The predicted molar refractivity (Wildman–Crippen MR) is 90.2 cm³/mol. The summed E-state index contributed by atoms with van der Waals surface area (Å²) in [6, 6.07) is 13.9. The Bertz CT molecular complexity index is 613. The molecule has 0 saturated heterocycles. The highest BCUT2D eigenvalue weighted by Crippen LogP contribution is 2.28. The van der Waals surface area contributed by atoms with Crippen molar-refractivity contribution in [2.45, 2.75) is 6.54 Å². The van der Waals surface area contributed by atoms with Gasteiger partial charge in [-0.05, 0) is 34.1 Å². The van der Waals surface area contributed by atoms with E-state index in [-0.39, 0.29) is 0 Å². The molecule has 0 fully saturated rings. The standard InChI is InChI=1S/C17H18BrNO2/c1-3-10-21-16-7-5-4-6-13(16)12-19-14-8-9-15(18)17(11-14)20-2/h3-9,11,19H,1,10,12H2,2H3. The van der Waals surface area contributed by atoms with E-state index in [1.807, 2.05) is 42.5 Å². The lowest BCUT2D eigenvalue weighted by Crippen LogP contribution is -2.03. The Morgan fingerprint density at radius 1 is 1.19 bits per heavy atom. The fraction of sp³-hybridized carbons (Fsp3) is 0.176. The first-order chi connectivity index (χ1) is 10.2. The van der Waals surface area contributed by atoms with E-state index >= 15 is 0 Å². The molecule has 2 rings (SSSR count). The van der Waals surface area contributed by atoms with Crippen molar-refractivity contribution >= 4 is 21.6 Å². The van der Waals surface area contributed by atoms with Crippen molar-refractivity contribution in [3.05, 3.63) is 65.2 Å². The average Bonchev–Trinajstić information content (AvgIpc) is 2.53. The van der Waals surface area contributed by atoms with E-state index in [1.54, 1.807) is 13.2 Å². The zero-order chi connectivity index (χ0) is 15.1. The summed E-state index contributed by atoms with van der Waals surface area (Å²) in [5.41, 5.74) is 2.09. The number of benzene rings is 2. The molecule has 3 nitrogen and oxygen atoms in total. The molecule has 0 radical (unpaired) electrons. The van der Waals surface area contributed by atoms with Crippen molar-refractivity contribution in [2.24, 2.45) is 0 Å². The first-order valence-electron chi connectivity index (χ1n) is 6.63. The normalized spacial score (nSPS) is 10.0. The van der Waals surface area contributed by atoms with Crippen LogP contribution in [0.3, 0.4) is 0 Å². The fourth-order valence-corrected chi connectivity index (χ4v) is 2.31. The molecule has 0 spiro atoms. The first kappa shape index (κ1) is 15.4. The van der Waals surface area contributed by atoms with Crippen molar-refractivity contribution < 1.29 is 9.47 Å². The number of ether oxygens (including phenoxy) is 2. The second-order valence-corrected chi connectivity index (χ2v) is 5.26. The molecule has 0 aliphatic carbocycles. The maximum atomic E-state index is 5.65. The van der Waals surface area contributed by atoms with Gasteiger partial charge in [0.15, 0.2) is 0 Å². The number of halogens is 1. The highest BCUT2D eigenvalue weighted by molar-refractivity contribution is 9.10. The highest BCUT2D eigenvalue weighted by Gasteiger charge is 2.04. The maximum Gasteiger partial charge on any atom is 0.135 e. The van der Waals surface area contributed by atoms with Crippen molar-refractivity contribution in [1.82, 2.24) is 0 Å². The van der Waals surface area contributed by atoms with Gasteiger partial charge >= 0.3 is 0 Å². The van der Waals surface area contributed by atoms with Crippen LogP contribution in [-0.2, 0) is 6.54 Å². The molecule has 110 valence electrons. The quantitative estimate of drug-likeness (QED) is 0.740. The molecule has 0 aliphatic heterocycles. The van der Waals surface area contributed by atoms with Gasteiger partial charge in [0.05, 0.1) is 11.6 Å². The van der Waals surface area contributed by atoms with Gasteiger partial charge in [-0.1, -0.05) is 30.9 Å². The summed E-state index contributed by atoms with van der Waals surface area (Å²) < 4.78 is 11.9. The highest BCUT2D eigenvalue weighted by atomic mass is 79.9. The van der Waals surface area contributed by atoms with Crippen LogP contribution in [0.4, 0.5) is 5.69 Å². The van der Waals surface area contributed by atoms with Crippen molar-refractivity contribution in [3.8, 4) is 11.5 Å². The van der Waals surface area contributed by atoms with Crippen LogP contribution in [0.2, 0.25) is 0 Å². The minimum atomic E-state index is 0.503. The third-order valence-corrected chi connectivity index (χ3v) is 3.62. The minimum Gasteiger partial charge on any atom is -0.495 e. The van der Waals surface area contributed by atoms with Crippen LogP contribution in [0.25, 0.3) is 0 Å². The lowest BCUT2D eigenvalue weighted by Gasteiger charge is -2.13. The number of hydrogen-bond acceptors (Lipinski definition) is 3. The molecule has 0 amide bonds. The average molecular weight is 348 g/mol. The maximum absolute atomic E-state index is 5.65. The zero-order valence-electron chi connectivity index (χ0n) is 11.9. The SMILES string of the molecule is C=CCOc1ccccc1CNc1ccc(Br)c(OC)c1. The Kier molecular flexibility index (Phi) is 5.69. The van der Waals surface area contributed by atoms with Gasteiger partial charge in [0.1, 0.15) is 18.1 Å². The summed E-state index contributed by atoms with van der Waals surface area (Å²) in [7, 11) is 1.66. The van der Waals surface area contributed by atoms with Crippen LogP contribution >= 0.6 is 15.9 Å². The molecule has 0 atom stereocenters. The van der Waals surface area contributed by atoms with Crippen LogP contribution in [0.15, 0.2) is 59.6 Å². The van der Waals surface area contributed by atoms with E-state index in [0.29, 0.717) is 13.2 Å². The molecule has 0 unspecified atom stereocenters. The van der Waals surface area contributed by atoms with Gasteiger partial charge in [-0.2, -0.15) is 0 Å². The van der Waals surface area contributed by atoms with E-state index in [0.717, 1.165) is 27.2 Å². The van der Waals surface area contributed by atoms with E-state index in [9.17, 15) is 0 Å². The van der Waals surface area contributed by atoms with Gasteiger partial charge < -0.3 is 14.8 Å². The smallest absolute Gasteiger partial charge is 0.135 e. The second-order valence-electron chi connectivity index (χ2n) is 4.41. The topological polar surface area (TPSA) is 30.5 Å². The Hall–Kier alpha value is -1.94. The molecule has 2 aromatic carbocycles. The van der Waals surface area contributed by atoms with E-state index < -0.39 is 0 Å². The molecule has 21 heavy (non-hydrogen) atoms. The van der Waals surface area contributed by atoms with Crippen LogP contribution < -0.4 is 14.8 Å². The Morgan fingerprint density at radius 3 is 2.76 bits per heavy atom. The van der Waals surface area contributed by atoms with E-state index in [4.69, 9.17) is 9.47 Å². The number of hydrogen-bond donors (Lipinski definition) is 1. The summed E-state index contributed by atoms with van der Waals surface area (Å²) >= 11 is 3.44. The number of anilines is 1.